The summed E-state index contributed by atoms with van der Waals surface area (Å²) in [5.74, 6) is 1.35. The van der Waals surface area contributed by atoms with Crippen LogP contribution < -0.4 is 20.1 Å². The summed E-state index contributed by atoms with van der Waals surface area (Å²) in [5.41, 5.74) is 1.09. The number of aromatic nitrogens is 3. The number of carbonyl (C=O) groups excluding carboxylic acids is 2. The Balaban J connectivity index is 1.62. The normalized spacial score (nSPS) is 11.5. The molecule has 0 saturated carbocycles. The Kier molecular flexibility index (Phi) is 9.50. The summed E-state index contributed by atoms with van der Waals surface area (Å²) < 4.78 is 12.3. The first-order chi connectivity index (χ1) is 17.0. The average Bonchev–Trinajstić information content (AvgIpc) is 3.30. The fourth-order valence-electron chi connectivity index (χ4n) is 3.27. The maximum Gasteiger partial charge on any atom is 0.251 e. The molecule has 0 aliphatic heterocycles. The highest BCUT2D eigenvalue weighted by molar-refractivity contribution is 7.99. The zero-order valence-electron chi connectivity index (χ0n) is 19.9. The number of amides is 2. The monoisotopic (exact) mass is 499 g/mol. The van der Waals surface area contributed by atoms with Crippen LogP contribution in [0.5, 0.6) is 11.5 Å². The molecule has 1 heterocycles. The maximum atomic E-state index is 12.7. The first kappa shape index (κ1) is 26.0. The van der Waals surface area contributed by atoms with Gasteiger partial charge in [0.05, 0.1) is 26.1 Å². The van der Waals surface area contributed by atoms with Crippen LogP contribution in [0.15, 0.2) is 53.7 Å². The first-order valence-corrected chi connectivity index (χ1v) is 12.1. The highest BCUT2D eigenvalue weighted by Crippen LogP contribution is 2.22. The molecule has 0 bridgehead atoms. The number of anilines is 1. The molecule has 3 aromatic rings. The lowest BCUT2D eigenvalue weighted by atomic mass is 10.2. The predicted molar refractivity (Wildman–Crippen MR) is 133 cm³/mol. The third-order valence-electron chi connectivity index (χ3n) is 4.99. The molecule has 1 aromatic heterocycles. The zero-order valence-corrected chi connectivity index (χ0v) is 20.7. The van der Waals surface area contributed by atoms with E-state index in [1.54, 1.807) is 60.2 Å². The Morgan fingerprint density at radius 1 is 1.06 bits per heavy atom. The van der Waals surface area contributed by atoms with Crippen LogP contribution in [0.2, 0.25) is 0 Å². The van der Waals surface area contributed by atoms with E-state index in [2.05, 4.69) is 20.8 Å². The van der Waals surface area contributed by atoms with Gasteiger partial charge < -0.3 is 29.8 Å². The molecule has 0 aliphatic carbocycles. The molecule has 0 spiro atoms. The fraction of sp³-hybridized carbons (Fsp3) is 0.333. The highest BCUT2D eigenvalue weighted by atomic mass is 32.2. The predicted octanol–water partition coefficient (Wildman–Crippen LogP) is 2.90. The van der Waals surface area contributed by atoms with Gasteiger partial charge in [-0.05, 0) is 62.4 Å². The summed E-state index contributed by atoms with van der Waals surface area (Å²) in [6.45, 7) is 4.52. The molecule has 35 heavy (non-hydrogen) atoms. The van der Waals surface area contributed by atoms with Crippen molar-refractivity contribution < 1.29 is 24.2 Å². The molecule has 0 radical (unpaired) electrons. The van der Waals surface area contributed by atoms with Crippen LogP contribution in [0.25, 0.3) is 0 Å². The number of aliphatic hydroxyl groups is 1. The average molecular weight is 500 g/mol. The number of nitrogens with one attached hydrogen (secondary N) is 2. The number of rotatable bonds is 12. The van der Waals surface area contributed by atoms with Gasteiger partial charge in [0, 0.05) is 17.8 Å². The van der Waals surface area contributed by atoms with Crippen LogP contribution in [0, 0.1) is 0 Å². The molecule has 11 heteroatoms. The Labute approximate surface area is 208 Å². The van der Waals surface area contributed by atoms with Crippen molar-refractivity contribution in [3.05, 3.63) is 59.9 Å². The SMILES string of the molecule is CCOc1ccc(NC(=O)CSc2nnc(C(CO)NC(=O)c3ccc(OC)cc3)n2CC)cc1. The molecular weight excluding hydrogens is 470 g/mol. The number of hydrogen-bond acceptors (Lipinski definition) is 8. The Morgan fingerprint density at radius 2 is 1.74 bits per heavy atom. The fourth-order valence-corrected chi connectivity index (χ4v) is 4.08. The molecule has 0 saturated heterocycles. The molecule has 1 unspecified atom stereocenters. The van der Waals surface area contributed by atoms with E-state index in [0.29, 0.717) is 41.1 Å². The van der Waals surface area contributed by atoms with Crippen molar-refractivity contribution in [2.24, 2.45) is 0 Å². The van der Waals surface area contributed by atoms with Crippen molar-refractivity contribution in [2.75, 3.05) is 31.4 Å². The van der Waals surface area contributed by atoms with Gasteiger partial charge in [-0.25, -0.2) is 0 Å². The second-order valence-corrected chi connectivity index (χ2v) is 8.26. The molecule has 3 N–H and O–H groups in total. The van der Waals surface area contributed by atoms with Crippen molar-refractivity contribution in [3.8, 4) is 11.5 Å². The summed E-state index contributed by atoms with van der Waals surface area (Å²) >= 11 is 1.22. The van der Waals surface area contributed by atoms with Crippen molar-refractivity contribution in [1.29, 1.82) is 0 Å². The van der Waals surface area contributed by atoms with Gasteiger partial charge in [-0.15, -0.1) is 10.2 Å². The smallest absolute Gasteiger partial charge is 0.251 e. The molecule has 10 nitrogen and oxygen atoms in total. The third-order valence-corrected chi connectivity index (χ3v) is 5.96. The first-order valence-electron chi connectivity index (χ1n) is 11.1. The Bertz CT molecular complexity index is 1120. The van der Waals surface area contributed by atoms with E-state index in [4.69, 9.17) is 9.47 Å². The number of benzene rings is 2. The molecule has 186 valence electrons. The summed E-state index contributed by atoms with van der Waals surface area (Å²) in [6, 6.07) is 13.0. The Morgan fingerprint density at radius 3 is 2.34 bits per heavy atom. The topological polar surface area (TPSA) is 128 Å². The van der Waals surface area contributed by atoms with Crippen LogP contribution in [0.1, 0.15) is 36.1 Å². The summed E-state index contributed by atoms with van der Waals surface area (Å²) in [4.78, 5) is 25.1. The van der Waals surface area contributed by atoms with E-state index < -0.39 is 6.04 Å². The maximum absolute atomic E-state index is 12.7. The number of carbonyl (C=O) groups is 2. The van der Waals surface area contributed by atoms with E-state index in [9.17, 15) is 14.7 Å². The van der Waals surface area contributed by atoms with Gasteiger partial charge in [0.1, 0.15) is 17.5 Å². The van der Waals surface area contributed by atoms with E-state index in [1.165, 1.54) is 11.8 Å². The van der Waals surface area contributed by atoms with E-state index in [-0.39, 0.29) is 24.2 Å². The van der Waals surface area contributed by atoms with Gasteiger partial charge in [0.15, 0.2) is 11.0 Å². The minimum Gasteiger partial charge on any atom is -0.497 e. The Hall–Kier alpha value is -3.57. The summed E-state index contributed by atoms with van der Waals surface area (Å²) in [6.07, 6.45) is 0. The third kappa shape index (κ3) is 6.96. The number of methoxy groups -OCH3 is 1. The van der Waals surface area contributed by atoms with Crippen molar-refractivity contribution in [1.82, 2.24) is 20.1 Å². The minimum atomic E-state index is -0.760. The van der Waals surface area contributed by atoms with E-state index in [0.717, 1.165) is 5.75 Å². The number of ether oxygens (including phenoxy) is 2. The van der Waals surface area contributed by atoms with E-state index >= 15 is 0 Å². The zero-order chi connectivity index (χ0) is 25.2. The number of nitrogens with zero attached hydrogens (tertiary/aromatic N) is 3. The molecule has 0 fully saturated rings. The second kappa shape index (κ2) is 12.8. The van der Waals surface area contributed by atoms with Crippen LogP contribution in [0.4, 0.5) is 5.69 Å². The largest absolute Gasteiger partial charge is 0.497 e. The standard InChI is InChI=1S/C24H29N5O5S/c1-4-29-22(20(14-30)26-23(32)16-6-10-18(33-3)11-7-16)27-28-24(29)35-15-21(31)25-17-8-12-19(13-9-17)34-5-2/h6-13,20,30H,4-5,14-15H2,1-3H3,(H,25,31)(H,26,32). The number of thioether (sulfide) groups is 1. The highest BCUT2D eigenvalue weighted by Gasteiger charge is 2.23. The van der Waals surface area contributed by atoms with Gasteiger partial charge in [-0.2, -0.15) is 0 Å². The van der Waals surface area contributed by atoms with Gasteiger partial charge in [-0.3, -0.25) is 9.59 Å². The van der Waals surface area contributed by atoms with Crippen LogP contribution >= 0.6 is 11.8 Å². The lowest BCUT2D eigenvalue weighted by Crippen LogP contribution is -2.32. The second-order valence-electron chi connectivity index (χ2n) is 7.32. The van der Waals surface area contributed by atoms with Gasteiger partial charge in [-0.1, -0.05) is 11.8 Å². The molecular formula is C24H29N5O5S. The van der Waals surface area contributed by atoms with Crippen molar-refractivity contribution in [2.45, 2.75) is 31.6 Å². The van der Waals surface area contributed by atoms with Gasteiger partial charge in [0.25, 0.3) is 5.91 Å². The minimum absolute atomic E-state index is 0.118. The van der Waals surface area contributed by atoms with Crippen LogP contribution in [-0.4, -0.2) is 57.8 Å². The summed E-state index contributed by atoms with van der Waals surface area (Å²) in [7, 11) is 1.55. The van der Waals surface area contributed by atoms with Crippen molar-refractivity contribution >= 4 is 29.3 Å². The van der Waals surface area contributed by atoms with Crippen molar-refractivity contribution in [3.63, 3.8) is 0 Å². The quantitative estimate of drug-likeness (QED) is 0.325. The molecule has 1 atom stereocenters. The van der Waals surface area contributed by atoms with E-state index in [1.807, 2.05) is 13.8 Å². The van der Waals surface area contributed by atoms with Gasteiger partial charge >= 0.3 is 0 Å². The molecule has 3 rings (SSSR count). The molecule has 0 aliphatic rings. The van der Waals surface area contributed by atoms with Gasteiger partial charge in [0.2, 0.25) is 5.91 Å². The van der Waals surface area contributed by atoms with Crippen LogP contribution in [-0.2, 0) is 11.3 Å². The molecule has 2 amide bonds. The molecule has 2 aromatic carbocycles. The lowest BCUT2D eigenvalue weighted by molar-refractivity contribution is -0.113. The summed E-state index contributed by atoms with van der Waals surface area (Å²) in [5, 5.41) is 24.4. The lowest BCUT2D eigenvalue weighted by Gasteiger charge is -2.17. The number of hydrogen-bond donors (Lipinski definition) is 3. The number of aliphatic hydroxyl groups excluding tert-OH is 1. The van der Waals surface area contributed by atoms with Crippen LogP contribution in [0.3, 0.4) is 0 Å².